The molecule has 1 aliphatic rings. The minimum atomic E-state index is 0.871. The van der Waals surface area contributed by atoms with Crippen LogP contribution in [-0.2, 0) is 4.74 Å². The third-order valence-electron chi connectivity index (χ3n) is 3.19. The summed E-state index contributed by atoms with van der Waals surface area (Å²) in [6.45, 7) is 7.92. The number of ether oxygens (including phenoxy) is 1. The lowest BCUT2D eigenvalue weighted by atomic mass is 10.3. The van der Waals surface area contributed by atoms with Crippen LogP contribution in [-0.4, -0.2) is 58.9 Å². The van der Waals surface area contributed by atoms with Crippen LogP contribution in [0.5, 0.6) is 0 Å². The molecule has 1 N–H and O–H groups in total. The van der Waals surface area contributed by atoms with Crippen molar-refractivity contribution in [2.45, 2.75) is 13.3 Å². The lowest BCUT2D eigenvalue weighted by Gasteiger charge is -2.26. The summed E-state index contributed by atoms with van der Waals surface area (Å²) < 4.78 is 7.17. The average Bonchev–Trinajstić information content (AvgIpc) is 2.93. The van der Waals surface area contributed by atoms with Crippen molar-refractivity contribution in [1.82, 2.24) is 19.5 Å². The molecule has 2 aromatic heterocycles. The van der Waals surface area contributed by atoms with Crippen molar-refractivity contribution in [1.29, 1.82) is 0 Å². The van der Waals surface area contributed by atoms with Gasteiger partial charge in [0, 0.05) is 19.6 Å². The Morgan fingerprint density at radius 2 is 2.26 bits per heavy atom. The van der Waals surface area contributed by atoms with Gasteiger partial charge in [-0.3, -0.25) is 4.90 Å². The Morgan fingerprint density at radius 1 is 1.42 bits per heavy atom. The average molecular weight is 281 g/mol. The molecule has 104 valence electrons. The highest BCUT2D eigenvalue weighted by Crippen LogP contribution is 2.18. The Kier molecular flexibility index (Phi) is 3.95. The highest BCUT2D eigenvalue weighted by molar-refractivity contribution is 7.20. The van der Waals surface area contributed by atoms with E-state index in [-0.39, 0.29) is 0 Å². The second-order valence-corrected chi connectivity index (χ2v) is 5.71. The summed E-state index contributed by atoms with van der Waals surface area (Å²) >= 11 is 1.60. The first kappa shape index (κ1) is 12.8. The Balaban J connectivity index is 1.42. The van der Waals surface area contributed by atoms with Crippen LogP contribution in [0.25, 0.3) is 4.96 Å². The largest absolute Gasteiger partial charge is 0.379 e. The van der Waals surface area contributed by atoms with Gasteiger partial charge in [-0.25, -0.2) is 9.50 Å². The fraction of sp³-hybridized carbons (Fsp3) is 0.667. The molecule has 1 aliphatic heterocycles. The van der Waals surface area contributed by atoms with Crippen molar-refractivity contribution < 1.29 is 4.74 Å². The zero-order valence-corrected chi connectivity index (χ0v) is 11.9. The molecule has 2 aromatic rings. The Morgan fingerprint density at radius 3 is 3.05 bits per heavy atom. The standard InChI is InChI=1S/C12H19N5OS/c1-10-9-17-12(14-10)19-11(15-17)13-3-2-4-16-5-7-18-8-6-16/h9H,2-8H2,1H3,(H,13,15). The van der Waals surface area contributed by atoms with E-state index in [1.54, 1.807) is 11.3 Å². The van der Waals surface area contributed by atoms with E-state index in [0.29, 0.717) is 0 Å². The maximum Gasteiger partial charge on any atom is 0.214 e. The molecule has 0 amide bonds. The van der Waals surface area contributed by atoms with Crippen LogP contribution in [0.15, 0.2) is 6.20 Å². The number of imidazole rings is 1. The summed E-state index contributed by atoms with van der Waals surface area (Å²) in [5.41, 5.74) is 1.01. The van der Waals surface area contributed by atoms with Gasteiger partial charge in [-0.1, -0.05) is 11.3 Å². The second kappa shape index (κ2) is 5.85. The quantitative estimate of drug-likeness (QED) is 0.836. The first-order valence-corrected chi connectivity index (χ1v) is 7.50. The van der Waals surface area contributed by atoms with E-state index in [1.807, 2.05) is 17.6 Å². The fourth-order valence-corrected chi connectivity index (χ4v) is 3.06. The molecule has 6 nitrogen and oxygen atoms in total. The highest BCUT2D eigenvalue weighted by atomic mass is 32.1. The number of aryl methyl sites for hydroxylation is 1. The van der Waals surface area contributed by atoms with E-state index in [2.05, 4.69) is 20.3 Å². The summed E-state index contributed by atoms with van der Waals surface area (Å²) in [5.74, 6) is 0. The van der Waals surface area contributed by atoms with Crippen LogP contribution in [0.3, 0.4) is 0 Å². The van der Waals surface area contributed by atoms with Crippen molar-refractivity contribution in [2.24, 2.45) is 0 Å². The molecule has 0 saturated carbocycles. The number of nitrogens with zero attached hydrogens (tertiary/aromatic N) is 4. The van der Waals surface area contributed by atoms with Crippen LogP contribution < -0.4 is 5.32 Å². The number of morpholine rings is 1. The summed E-state index contributed by atoms with van der Waals surface area (Å²) in [4.78, 5) is 7.79. The van der Waals surface area contributed by atoms with Crippen LogP contribution >= 0.6 is 11.3 Å². The van der Waals surface area contributed by atoms with Gasteiger partial charge in [0.15, 0.2) is 0 Å². The van der Waals surface area contributed by atoms with Crippen molar-refractivity contribution in [3.8, 4) is 0 Å². The Labute approximate surface area is 116 Å². The van der Waals surface area contributed by atoms with E-state index in [1.165, 1.54) is 0 Å². The normalized spacial score (nSPS) is 17.1. The van der Waals surface area contributed by atoms with Crippen molar-refractivity contribution >= 4 is 21.4 Å². The number of rotatable bonds is 5. The monoisotopic (exact) mass is 281 g/mol. The van der Waals surface area contributed by atoms with Gasteiger partial charge >= 0.3 is 0 Å². The molecule has 3 rings (SSSR count). The van der Waals surface area contributed by atoms with Gasteiger partial charge in [0.2, 0.25) is 10.1 Å². The molecule has 0 aliphatic carbocycles. The lowest BCUT2D eigenvalue weighted by Crippen LogP contribution is -2.37. The molecular formula is C12H19N5OS. The van der Waals surface area contributed by atoms with Crippen molar-refractivity contribution in [3.05, 3.63) is 11.9 Å². The van der Waals surface area contributed by atoms with Crippen LogP contribution in [0, 0.1) is 6.92 Å². The molecule has 0 radical (unpaired) electrons. The Hall–Kier alpha value is -1.18. The molecule has 0 bridgehead atoms. The van der Waals surface area contributed by atoms with Crippen molar-refractivity contribution in [2.75, 3.05) is 44.7 Å². The van der Waals surface area contributed by atoms with Gasteiger partial charge in [0.1, 0.15) is 0 Å². The molecule has 3 heterocycles. The summed E-state index contributed by atoms with van der Waals surface area (Å²) in [7, 11) is 0. The molecule has 1 fully saturated rings. The number of aromatic nitrogens is 3. The topological polar surface area (TPSA) is 54.7 Å². The molecular weight excluding hydrogens is 262 g/mol. The zero-order chi connectivity index (χ0) is 13.1. The molecule has 19 heavy (non-hydrogen) atoms. The molecule has 0 atom stereocenters. The summed E-state index contributed by atoms with van der Waals surface area (Å²) in [6.07, 6.45) is 3.08. The van der Waals surface area contributed by atoms with Gasteiger partial charge in [-0.15, -0.1) is 5.10 Å². The highest BCUT2D eigenvalue weighted by Gasteiger charge is 2.09. The first-order chi connectivity index (χ1) is 9.31. The number of hydrogen-bond donors (Lipinski definition) is 1. The molecule has 0 unspecified atom stereocenters. The molecule has 1 saturated heterocycles. The van der Waals surface area contributed by atoms with Crippen LogP contribution in [0.1, 0.15) is 12.1 Å². The molecule has 0 spiro atoms. The third-order valence-corrected chi connectivity index (χ3v) is 4.07. The van der Waals surface area contributed by atoms with E-state index < -0.39 is 0 Å². The Bertz CT molecular complexity index is 500. The van der Waals surface area contributed by atoms with E-state index in [9.17, 15) is 0 Å². The van der Waals surface area contributed by atoms with Crippen LogP contribution in [0.4, 0.5) is 5.13 Å². The first-order valence-electron chi connectivity index (χ1n) is 6.68. The maximum absolute atomic E-state index is 5.33. The van der Waals surface area contributed by atoms with Gasteiger partial charge in [-0.2, -0.15) is 0 Å². The third kappa shape index (κ3) is 3.23. The fourth-order valence-electron chi connectivity index (χ4n) is 2.20. The van der Waals surface area contributed by atoms with Gasteiger partial charge < -0.3 is 10.1 Å². The zero-order valence-electron chi connectivity index (χ0n) is 11.1. The van der Waals surface area contributed by atoms with Gasteiger partial charge in [0.25, 0.3) is 0 Å². The number of nitrogens with one attached hydrogen (secondary N) is 1. The van der Waals surface area contributed by atoms with E-state index in [0.717, 1.165) is 61.6 Å². The van der Waals surface area contributed by atoms with Gasteiger partial charge in [-0.05, 0) is 19.9 Å². The number of hydrogen-bond acceptors (Lipinski definition) is 6. The lowest BCUT2D eigenvalue weighted by molar-refractivity contribution is 0.0378. The SMILES string of the molecule is Cc1cn2nc(NCCCN3CCOCC3)sc2n1. The van der Waals surface area contributed by atoms with Crippen LogP contribution in [0.2, 0.25) is 0 Å². The van der Waals surface area contributed by atoms with Gasteiger partial charge in [0.05, 0.1) is 25.1 Å². The van der Waals surface area contributed by atoms with Crippen molar-refractivity contribution in [3.63, 3.8) is 0 Å². The minimum absolute atomic E-state index is 0.871. The predicted molar refractivity (Wildman–Crippen MR) is 76.0 cm³/mol. The molecule has 0 aromatic carbocycles. The number of anilines is 1. The summed E-state index contributed by atoms with van der Waals surface area (Å²) in [6, 6.07) is 0. The smallest absolute Gasteiger partial charge is 0.214 e. The second-order valence-electron chi connectivity index (χ2n) is 4.75. The van der Waals surface area contributed by atoms with E-state index in [4.69, 9.17) is 4.74 Å². The molecule has 7 heteroatoms. The van der Waals surface area contributed by atoms with E-state index >= 15 is 0 Å². The predicted octanol–water partition coefficient (Wildman–Crippen LogP) is 1.23. The summed E-state index contributed by atoms with van der Waals surface area (Å²) in [5, 5.41) is 8.76. The number of fused-ring (bicyclic) bond motifs is 1. The minimum Gasteiger partial charge on any atom is -0.379 e. The maximum atomic E-state index is 5.33.